The van der Waals surface area contributed by atoms with E-state index in [0.29, 0.717) is 0 Å². The number of hydrogen-bond donors (Lipinski definition) is 0. The van der Waals surface area contributed by atoms with Gasteiger partial charge >= 0.3 is 0 Å². The number of fused-ring (bicyclic) bond motifs is 6. The highest BCUT2D eigenvalue weighted by atomic mass is 16.3. The molecule has 0 spiro atoms. The maximum absolute atomic E-state index is 6.26. The molecule has 0 aliphatic rings. The molecule has 268 valence electrons. The van der Waals surface area contributed by atoms with Gasteiger partial charge in [-0.15, -0.1) is 0 Å². The highest BCUT2D eigenvalue weighted by Gasteiger charge is 2.16. The van der Waals surface area contributed by atoms with E-state index in [2.05, 4.69) is 216 Å². The highest BCUT2D eigenvalue weighted by Crippen LogP contribution is 2.40. The average molecular weight is 729 g/mol. The third-order valence-corrected chi connectivity index (χ3v) is 11.2. The molecule has 3 nitrogen and oxygen atoms in total. The molecule has 11 aromatic rings. The number of furan rings is 1. The molecule has 0 radical (unpaired) electrons. The minimum atomic E-state index is 0.902. The van der Waals surface area contributed by atoms with Gasteiger partial charge in [-0.2, -0.15) is 0 Å². The van der Waals surface area contributed by atoms with Crippen molar-refractivity contribution >= 4 is 60.8 Å². The Balaban J connectivity index is 0.930. The summed E-state index contributed by atoms with van der Waals surface area (Å²) < 4.78 is 8.64. The molecule has 9 aromatic carbocycles. The van der Waals surface area contributed by atoms with Crippen LogP contribution in [-0.4, -0.2) is 4.57 Å². The Bertz CT molecular complexity index is 3170. The zero-order chi connectivity index (χ0) is 37.7. The lowest BCUT2D eigenvalue weighted by atomic mass is 9.94. The first kappa shape index (κ1) is 32.8. The Hall–Kier alpha value is -7.62. The lowest BCUT2D eigenvalue weighted by Gasteiger charge is -2.26. The molecule has 0 saturated heterocycles. The summed E-state index contributed by atoms with van der Waals surface area (Å²) in [6.45, 7) is 0. The van der Waals surface area contributed by atoms with Crippen LogP contribution in [0.2, 0.25) is 0 Å². The van der Waals surface area contributed by atoms with E-state index in [1.165, 1.54) is 44.1 Å². The lowest BCUT2D eigenvalue weighted by molar-refractivity contribution is 0.669. The van der Waals surface area contributed by atoms with Gasteiger partial charge in [0.25, 0.3) is 0 Å². The van der Waals surface area contributed by atoms with Crippen molar-refractivity contribution in [3.8, 4) is 39.1 Å². The number of aromatic nitrogens is 1. The molecule has 0 unspecified atom stereocenters. The second-order valence-corrected chi connectivity index (χ2v) is 14.5. The summed E-state index contributed by atoms with van der Waals surface area (Å²) in [6, 6.07) is 78.1. The van der Waals surface area contributed by atoms with Crippen molar-refractivity contribution in [3.63, 3.8) is 0 Å². The normalized spacial score (nSPS) is 11.5. The van der Waals surface area contributed by atoms with Crippen molar-refractivity contribution < 1.29 is 4.42 Å². The molecule has 3 heteroatoms. The van der Waals surface area contributed by atoms with Gasteiger partial charge in [0.1, 0.15) is 11.2 Å². The Morgan fingerprint density at radius 3 is 1.54 bits per heavy atom. The Morgan fingerprint density at radius 1 is 0.316 bits per heavy atom. The first-order chi connectivity index (χ1) is 28.3. The third kappa shape index (κ3) is 5.68. The second kappa shape index (κ2) is 13.6. The van der Waals surface area contributed by atoms with E-state index in [1.54, 1.807) is 0 Å². The van der Waals surface area contributed by atoms with Crippen LogP contribution in [0.3, 0.4) is 0 Å². The summed E-state index contributed by atoms with van der Waals surface area (Å²) in [5.74, 6) is 0. The van der Waals surface area contributed by atoms with Crippen LogP contribution in [0.4, 0.5) is 17.1 Å². The smallest absolute Gasteiger partial charge is 0.136 e. The minimum absolute atomic E-state index is 0.902. The minimum Gasteiger partial charge on any atom is -0.456 e. The summed E-state index contributed by atoms with van der Waals surface area (Å²) in [5.41, 5.74) is 15.7. The van der Waals surface area contributed by atoms with Crippen molar-refractivity contribution in [1.82, 2.24) is 4.57 Å². The fourth-order valence-corrected chi connectivity index (χ4v) is 8.52. The van der Waals surface area contributed by atoms with Crippen molar-refractivity contribution in [3.05, 3.63) is 218 Å². The quantitative estimate of drug-likeness (QED) is 0.163. The Morgan fingerprint density at radius 2 is 0.842 bits per heavy atom. The maximum Gasteiger partial charge on any atom is 0.136 e. The lowest BCUT2D eigenvalue weighted by Crippen LogP contribution is -2.09. The molecule has 0 N–H and O–H groups in total. The van der Waals surface area contributed by atoms with Crippen molar-refractivity contribution in [2.24, 2.45) is 0 Å². The van der Waals surface area contributed by atoms with E-state index in [1.807, 2.05) is 12.1 Å². The van der Waals surface area contributed by atoms with Crippen LogP contribution in [0.5, 0.6) is 0 Å². The van der Waals surface area contributed by atoms with Crippen LogP contribution in [-0.2, 0) is 0 Å². The largest absolute Gasteiger partial charge is 0.456 e. The zero-order valence-electron chi connectivity index (χ0n) is 31.1. The molecular weight excluding hydrogens is 693 g/mol. The van der Waals surface area contributed by atoms with Gasteiger partial charge in [0.05, 0.1) is 11.0 Å². The molecule has 0 aliphatic carbocycles. The molecule has 0 fully saturated rings. The van der Waals surface area contributed by atoms with Gasteiger partial charge in [-0.1, -0.05) is 140 Å². The predicted octanol–water partition coefficient (Wildman–Crippen LogP) is 15.2. The highest BCUT2D eigenvalue weighted by molar-refractivity contribution is 6.09. The topological polar surface area (TPSA) is 21.3 Å². The van der Waals surface area contributed by atoms with Crippen LogP contribution in [0.1, 0.15) is 0 Å². The van der Waals surface area contributed by atoms with Crippen molar-refractivity contribution in [2.45, 2.75) is 0 Å². The number of rotatable bonds is 7. The average Bonchev–Trinajstić information content (AvgIpc) is 3.83. The van der Waals surface area contributed by atoms with E-state index < -0.39 is 0 Å². The fraction of sp³-hybridized carbons (Fsp3) is 0. The number of benzene rings is 9. The van der Waals surface area contributed by atoms with E-state index in [4.69, 9.17) is 4.42 Å². The molecule has 0 atom stereocenters. The number of anilines is 3. The molecule has 2 aromatic heterocycles. The van der Waals surface area contributed by atoms with Crippen LogP contribution in [0.15, 0.2) is 223 Å². The Kier molecular flexibility index (Phi) is 7.82. The molecule has 2 heterocycles. The standard InChI is InChI=1S/C54H36N2O/c1-2-14-41(15-3-1)55(42-30-25-37(26-31-42)39-13-12-16-44(35-39)56-51-22-9-6-19-47(51)48-20-7-10-23-52(48)56)43-32-27-38(28-33-43)45-17-4-5-18-46(45)40-29-34-50-49-21-8-11-24-53(49)57-54(50)36-40/h1-36H. The van der Waals surface area contributed by atoms with Gasteiger partial charge in [0, 0.05) is 44.3 Å². The summed E-state index contributed by atoms with van der Waals surface area (Å²) >= 11 is 0. The third-order valence-electron chi connectivity index (χ3n) is 11.2. The van der Waals surface area contributed by atoms with Crippen molar-refractivity contribution in [1.29, 1.82) is 0 Å². The van der Waals surface area contributed by atoms with Gasteiger partial charge in [-0.25, -0.2) is 0 Å². The van der Waals surface area contributed by atoms with E-state index in [0.717, 1.165) is 55.8 Å². The van der Waals surface area contributed by atoms with Crippen molar-refractivity contribution in [2.75, 3.05) is 4.90 Å². The first-order valence-corrected chi connectivity index (χ1v) is 19.4. The van der Waals surface area contributed by atoms with Crippen LogP contribution >= 0.6 is 0 Å². The van der Waals surface area contributed by atoms with Crippen LogP contribution in [0.25, 0.3) is 82.8 Å². The van der Waals surface area contributed by atoms with Gasteiger partial charge in [0.15, 0.2) is 0 Å². The predicted molar refractivity (Wildman–Crippen MR) is 239 cm³/mol. The zero-order valence-corrected chi connectivity index (χ0v) is 31.1. The van der Waals surface area contributed by atoms with Crippen LogP contribution < -0.4 is 4.90 Å². The van der Waals surface area contributed by atoms with E-state index in [9.17, 15) is 0 Å². The van der Waals surface area contributed by atoms with E-state index in [-0.39, 0.29) is 0 Å². The molecular formula is C54H36N2O. The monoisotopic (exact) mass is 728 g/mol. The molecule has 0 bridgehead atoms. The first-order valence-electron chi connectivity index (χ1n) is 19.4. The maximum atomic E-state index is 6.26. The van der Waals surface area contributed by atoms with Gasteiger partial charge in [-0.3, -0.25) is 0 Å². The fourth-order valence-electron chi connectivity index (χ4n) is 8.52. The number of nitrogens with zero attached hydrogens (tertiary/aromatic N) is 2. The second-order valence-electron chi connectivity index (χ2n) is 14.5. The summed E-state index contributed by atoms with van der Waals surface area (Å²) in [6.07, 6.45) is 0. The molecule has 0 aliphatic heterocycles. The van der Waals surface area contributed by atoms with E-state index >= 15 is 0 Å². The summed E-state index contributed by atoms with van der Waals surface area (Å²) in [5, 5.41) is 4.81. The van der Waals surface area contributed by atoms with Gasteiger partial charge in [0.2, 0.25) is 0 Å². The molecule has 0 saturated carbocycles. The SMILES string of the molecule is c1ccc(N(c2ccc(-c3cccc(-n4c5ccccc5c5ccccc54)c3)cc2)c2ccc(-c3ccccc3-c3ccc4c(c3)oc3ccccc34)cc2)cc1. The van der Waals surface area contributed by atoms with Crippen LogP contribution in [0, 0.1) is 0 Å². The molecule has 57 heavy (non-hydrogen) atoms. The van der Waals surface area contributed by atoms with Gasteiger partial charge < -0.3 is 13.9 Å². The number of hydrogen-bond acceptors (Lipinski definition) is 2. The van der Waals surface area contributed by atoms with Gasteiger partial charge in [-0.05, 0) is 112 Å². The summed E-state index contributed by atoms with van der Waals surface area (Å²) in [7, 11) is 0. The molecule has 0 amide bonds. The Labute approximate surface area is 330 Å². The molecule has 11 rings (SSSR count). The number of para-hydroxylation sites is 4. The summed E-state index contributed by atoms with van der Waals surface area (Å²) in [4.78, 5) is 2.32.